The number of hydrogen-bond acceptors (Lipinski definition) is 4. The Morgan fingerprint density at radius 3 is 2.61 bits per heavy atom. The molecule has 0 bridgehead atoms. The van der Waals surface area contributed by atoms with Gasteiger partial charge in [0.1, 0.15) is 0 Å². The predicted octanol–water partition coefficient (Wildman–Crippen LogP) is 3.53. The van der Waals surface area contributed by atoms with E-state index >= 15 is 0 Å². The average molecular weight is 404 g/mol. The first-order valence-corrected chi connectivity index (χ1v) is 9.54. The molecule has 0 aliphatic heterocycles. The summed E-state index contributed by atoms with van der Waals surface area (Å²) < 4.78 is 47.7. The topological polar surface area (TPSA) is 67.8 Å². The van der Waals surface area contributed by atoms with Gasteiger partial charge < -0.3 is 20.1 Å². The van der Waals surface area contributed by atoms with Gasteiger partial charge in [-0.25, -0.2) is 9.98 Å². The van der Waals surface area contributed by atoms with E-state index in [1.54, 1.807) is 12.1 Å². The van der Waals surface area contributed by atoms with Crippen LogP contribution in [0.25, 0.3) is 0 Å². The van der Waals surface area contributed by atoms with Crippen molar-refractivity contribution < 1.29 is 22.6 Å². The lowest BCUT2D eigenvalue weighted by Gasteiger charge is -2.21. The van der Waals surface area contributed by atoms with Gasteiger partial charge in [-0.3, -0.25) is 0 Å². The van der Waals surface area contributed by atoms with Crippen molar-refractivity contribution in [3.8, 4) is 5.88 Å². The Balaban J connectivity index is 2.69. The van der Waals surface area contributed by atoms with Gasteiger partial charge >= 0.3 is 6.18 Å². The van der Waals surface area contributed by atoms with Crippen LogP contribution < -0.4 is 15.4 Å². The summed E-state index contributed by atoms with van der Waals surface area (Å²) in [5.41, 5.74) is 0.485. The SMILES string of the molecule is CCNC(=NCc1cccnc1OCC(F)(F)F)NCCC(OCC)C(C)C. The molecule has 28 heavy (non-hydrogen) atoms. The molecular formula is C19H31F3N4O2. The minimum Gasteiger partial charge on any atom is -0.468 e. The Kier molecular flexibility index (Phi) is 10.7. The molecule has 0 saturated carbocycles. The molecule has 160 valence electrons. The number of nitrogens with zero attached hydrogens (tertiary/aromatic N) is 2. The molecule has 2 N–H and O–H groups in total. The zero-order chi connectivity index (χ0) is 21.0. The van der Waals surface area contributed by atoms with Crippen molar-refractivity contribution in [1.82, 2.24) is 15.6 Å². The number of aliphatic imine (C=N–C) groups is 1. The summed E-state index contributed by atoms with van der Waals surface area (Å²) in [6.07, 6.45) is -2.05. The molecule has 1 rings (SSSR count). The number of aromatic nitrogens is 1. The second-order valence-corrected chi connectivity index (χ2v) is 6.52. The summed E-state index contributed by atoms with van der Waals surface area (Å²) in [4.78, 5) is 8.31. The molecule has 0 aromatic carbocycles. The molecule has 1 unspecified atom stereocenters. The minimum absolute atomic E-state index is 0.0596. The maximum atomic E-state index is 12.4. The molecule has 0 spiro atoms. The molecule has 0 saturated heterocycles. The highest BCUT2D eigenvalue weighted by Crippen LogP contribution is 2.20. The fourth-order valence-corrected chi connectivity index (χ4v) is 2.49. The van der Waals surface area contributed by atoms with Crippen molar-refractivity contribution in [3.05, 3.63) is 23.9 Å². The molecule has 9 heteroatoms. The molecule has 1 aromatic rings. The standard InChI is InChI=1S/C19H31F3N4O2/c1-5-23-18(25-11-9-16(14(3)4)27-6-2)26-12-15-8-7-10-24-17(15)28-13-19(20,21)22/h7-8,10,14,16H,5-6,9,11-13H2,1-4H3,(H2,23,25,26). The number of halogens is 3. The van der Waals surface area contributed by atoms with E-state index in [9.17, 15) is 13.2 Å². The van der Waals surface area contributed by atoms with Gasteiger partial charge in [-0.1, -0.05) is 19.9 Å². The maximum Gasteiger partial charge on any atom is 0.422 e. The molecule has 0 radical (unpaired) electrons. The Morgan fingerprint density at radius 2 is 2.00 bits per heavy atom. The summed E-state index contributed by atoms with van der Waals surface area (Å²) in [6, 6.07) is 3.29. The molecule has 1 atom stereocenters. The fraction of sp³-hybridized carbons (Fsp3) is 0.684. The van der Waals surface area contributed by atoms with Crippen molar-refractivity contribution in [2.45, 2.75) is 52.9 Å². The van der Waals surface area contributed by atoms with Crippen LogP contribution in [-0.4, -0.2) is 49.5 Å². The smallest absolute Gasteiger partial charge is 0.422 e. The Bertz CT molecular complexity index is 595. The van der Waals surface area contributed by atoms with E-state index in [0.717, 1.165) is 6.42 Å². The molecule has 6 nitrogen and oxygen atoms in total. The van der Waals surface area contributed by atoms with Crippen LogP contribution in [0.1, 0.15) is 39.7 Å². The van der Waals surface area contributed by atoms with Crippen LogP contribution in [0.4, 0.5) is 13.2 Å². The fourth-order valence-electron chi connectivity index (χ4n) is 2.49. The highest BCUT2D eigenvalue weighted by molar-refractivity contribution is 5.79. The van der Waals surface area contributed by atoms with E-state index in [2.05, 4.69) is 34.5 Å². The van der Waals surface area contributed by atoms with Gasteiger partial charge in [0, 0.05) is 31.5 Å². The Morgan fingerprint density at radius 1 is 1.25 bits per heavy atom. The lowest BCUT2D eigenvalue weighted by molar-refractivity contribution is -0.154. The van der Waals surface area contributed by atoms with Crippen molar-refractivity contribution in [2.75, 3.05) is 26.3 Å². The number of rotatable bonds is 11. The van der Waals surface area contributed by atoms with E-state index in [1.165, 1.54) is 6.20 Å². The first-order valence-electron chi connectivity index (χ1n) is 9.54. The van der Waals surface area contributed by atoms with Crippen LogP contribution >= 0.6 is 0 Å². The lowest BCUT2D eigenvalue weighted by atomic mass is 10.0. The zero-order valence-corrected chi connectivity index (χ0v) is 17.0. The van der Waals surface area contributed by atoms with Crippen LogP contribution in [0, 0.1) is 5.92 Å². The van der Waals surface area contributed by atoms with Crippen LogP contribution in [0.3, 0.4) is 0 Å². The number of hydrogen-bond donors (Lipinski definition) is 2. The Labute approximate surface area is 164 Å². The van der Waals surface area contributed by atoms with E-state index < -0.39 is 12.8 Å². The van der Waals surface area contributed by atoms with E-state index in [4.69, 9.17) is 9.47 Å². The van der Waals surface area contributed by atoms with Crippen molar-refractivity contribution >= 4 is 5.96 Å². The maximum absolute atomic E-state index is 12.4. The summed E-state index contributed by atoms with van der Waals surface area (Å²) in [5, 5.41) is 6.35. The number of guanidine groups is 1. The first kappa shape index (κ1) is 24.0. The number of alkyl halides is 3. The summed E-state index contributed by atoms with van der Waals surface area (Å²) in [7, 11) is 0. The van der Waals surface area contributed by atoms with Gasteiger partial charge in [0.25, 0.3) is 0 Å². The van der Waals surface area contributed by atoms with Crippen molar-refractivity contribution in [3.63, 3.8) is 0 Å². The van der Waals surface area contributed by atoms with Gasteiger partial charge in [0.05, 0.1) is 12.6 Å². The third kappa shape index (κ3) is 9.77. The average Bonchev–Trinajstić information content (AvgIpc) is 2.63. The number of nitrogens with one attached hydrogen (secondary N) is 2. The second-order valence-electron chi connectivity index (χ2n) is 6.52. The molecule has 0 aliphatic rings. The summed E-state index contributed by atoms with van der Waals surface area (Å²) >= 11 is 0. The highest BCUT2D eigenvalue weighted by Gasteiger charge is 2.29. The van der Waals surface area contributed by atoms with Crippen molar-refractivity contribution in [1.29, 1.82) is 0 Å². The first-order chi connectivity index (χ1) is 13.3. The third-order valence-electron chi connectivity index (χ3n) is 3.82. The van der Waals surface area contributed by atoms with Crippen LogP contribution in [0.5, 0.6) is 5.88 Å². The molecular weight excluding hydrogens is 373 g/mol. The lowest BCUT2D eigenvalue weighted by Crippen LogP contribution is -2.39. The Hall–Kier alpha value is -2.03. The molecule has 0 amide bonds. The summed E-state index contributed by atoms with van der Waals surface area (Å²) in [6.45, 7) is 8.90. The molecule has 1 heterocycles. The van der Waals surface area contributed by atoms with Gasteiger partial charge in [0.2, 0.25) is 5.88 Å². The van der Waals surface area contributed by atoms with Crippen LogP contribution in [0.2, 0.25) is 0 Å². The van der Waals surface area contributed by atoms with Gasteiger partial charge in [-0.15, -0.1) is 0 Å². The van der Waals surface area contributed by atoms with Gasteiger partial charge in [-0.2, -0.15) is 13.2 Å². The van der Waals surface area contributed by atoms with E-state index in [1.807, 2.05) is 13.8 Å². The van der Waals surface area contributed by atoms with Gasteiger partial charge in [0.15, 0.2) is 12.6 Å². The van der Waals surface area contributed by atoms with Crippen LogP contribution in [0.15, 0.2) is 23.3 Å². The second kappa shape index (κ2) is 12.4. The summed E-state index contributed by atoms with van der Waals surface area (Å²) in [5.74, 6) is 0.924. The predicted molar refractivity (Wildman–Crippen MR) is 103 cm³/mol. The molecule has 0 aliphatic carbocycles. The normalized spacial score (nSPS) is 13.5. The highest BCUT2D eigenvalue weighted by atomic mass is 19.4. The van der Waals surface area contributed by atoms with E-state index in [0.29, 0.717) is 37.1 Å². The van der Waals surface area contributed by atoms with Crippen LogP contribution in [-0.2, 0) is 11.3 Å². The minimum atomic E-state index is -4.41. The zero-order valence-electron chi connectivity index (χ0n) is 17.0. The monoisotopic (exact) mass is 404 g/mol. The number of ether oxygens (including phenoxy) is 2. The third-order valence-corrected chi connectivity index (χ3v) is 3.82. The van der Waals surface area contributed by atoms with Crippen molar-refractivity contribution in [2.24, 2.45) is 10.9 Å². The number of pyridine rings is 1. The quantitative estimate of drug-likeness (QED) is 0.436. The molecule has 1 aromatic heterocycles. The van der Waals surface area contributed by atoms with Gasteiger partial charge in [-0.05, 0) is 32.3 Å². The molecule has 0 fully saturated rings. The van der Waals surface area contributed by atoms with E-state index in [-0.39, 0.29) is 18.5 Å². The largest absolute Gasteiger partial charge is 0.468 e.